The minimum absolute atomic E-state index is 0.0157. The van der Waals surface area contributed by atoms with E-state index in [1.54, 1.807) is 24.3 Å². The van der Waals surface area contributed by atoms with Crippen molar-refractivity contribution in [3.63, 3.8) is 0 Å². The highest BCUT2D eigenvalue weighted by Crippen LogP contribution is 2.34. The van der Waals surface area contributed by atoms with Crippen LogP contribution in [0.3, 0.4) is 0 Å². The molecule has 0 aromatic heterocycles. The van der Waals surface area contributed by atoms with Crippen molar-refractivity contribution < 1.29 is 26.3 Å². The van der Waals surface area contributed by atoms with Crippen molar-refractivity contribution in [2.24, 2.45) is 0 Å². The van der Waals surface area contributed by atoms with Gasteiger partial charge in [-0.25, -0.2) is 13.2 Å². The number of rotatable bonds is 5. The Morgan fingerprint density at radius 3 is 1.64 bits per heavy atom. The fourth-order valence-electron chi connectivity index (χ4n) is 4.29. The summed E-state index contributed by atoms with van der Waals surface area (Å²) in [6, 6.07) is 14.5. The molecule has 0 bridgehead atoms. The van der Waals surface area contributed by atoms with Crippen LogP contribution in [0.4, 0.5) is 26.3 Å². The third-order valence-electron chi connectivity index (χ3n) is 5.91. The fraction of sp³-hybridized carbons (Fsp3) is 0.280. The van der Waals surface area contributed by atoms with Gasteiger partial charge in [0.15, 0.2) is 0 Å². The molecule has 1 heterocycles. The van der Waals surface area contributed by atoms with Gasteiger partial charge < -0.3 is 0 Å². The van der Waals surface area contributed by atoms with E-state index < -0.39 is 17.6 Å². The number of benzene rings is 3. The van der Waals surface area contributed by atoms with E-state index in [4.69, 9.17) is 0 Å². The molecule has 174 valence electrons. The first-order valence-corrected chi connectivity index (χ1v) is 10.5. The molecule has 1 aliphatic heterocycles. The van der Waals surface area contributed by atoms with Gasteiger partial charge in [0.25, 0.3) is 0 Å². The first kappa shape index (κ1) is 23.3. The van der Waals surface area contributed by atoms with Crippen molar-refractivity contribution in [2.45, 2.75) is 18.8 Å². The maximum Gasteiger partial charge on any atom is 0.416 e. The smallest absolute Gasteiger partial charge is 0.297 e. The van der Waals surface area contributed by atoms with Crippen LogP contribution in [0.5, 0.6) is 0 Å². The zero-order chi connectivity index (χ0) is 23.6. The number of hydrogen-bond acceptors (Lipinski definition) is 2. The summed E-state index contributed by atoms with van der Waals surface area (Å²) in [6.45, 7) is 1.96. The van der Waals surface area contributed by atoms with E-state index in [0.29, 0.717) is 26.2 Å². The summed E-state index contributed by atoms with van der Waals surface area (Å²) >= 11 is 0. The van der Waals surface area contributed by atoms with Crippen LogP contribution in [-0.4, -0.2) is 36.0 Å². The topological polar surface area (TPSA) is 6.48 Å². The molecule has 0 amide bonds. The maximum atomic E-state index is 13.6. The molecule has 0 N–H and O–H groups in total. The molecule has 0 radical (unpaired) electrons. The van der Waals surface area contributed by atoms with Crippen molar-refractivity contribution in [3.05, 3.63) is 106 Å². The Morgan fingerprint density at radius 2 is 1.15 bits per heavy atom. The zero-order valence-corrected chi connectivity index (χ0v) is 17.6. The van der Waals surface area contributed by atoms with Gasteiger partial charge in [0.2, 0.25) is 0 Å². The number of nitrogens with zero attached hydrogens (tertiary/aromatic N) is 2. The summed E-state index contributed by atoms with van der Waals surface area (Å²) < 4.78 is 80.6. The molecule has 0 unspecified atom stereocenters. The lowest BCUT2D eigenvalue weighted by molar-refractivity contribution is -0.138. The van der Waals surface area contributed by atoms with Crippen LogP contribution < -0.4 is 0 Å². The molecule has 3 aromatic rings. The minimum atomic E-state index is -4.55. The Kier molecular flexibility index (Phi) is 6.76. The van der Waals surface area contributed by atoms with Crippen molar-refractivity contribution in [2.75, 3.05) is 26.2 Å². The fourth-order valence-corrected chi connectivity index (χ4v) is 4.29. The van der Waals surface area contributed by atoms with Crippen molar-refractivity contribution >= 4 is 0 Å². The van der Waals surface area contributed by atoms with Gasteiger partial charge in [-0.3, -0.25) is 9.80 Å². The average molecular weight is 464 g/mol. The van der Waals surface area contributed by atoms with Gasteiger partial charge in [-0.05, 0) is 59.2 Å². The summed E-state index contributed by atoms with van der Waals surface area (Å²) in [6.07, 6.45) is -4.55. The molecule has 3 aromatic carbocycles. The van der Waals surface area contributed by atoms with Crippen molar-refractivity contribution in [1.82, 2.24) is 9.80 Å². The van der Waals surface area contributed by atoms with Crippen LogP contribution in [0.1, 0.15) is 28.3 Å². The van der Waals surface area contributed by atoms with E-state index in [1.165, 1.54) is 24.3 Å². The number of alkyl halides is 3. The van der Waals surface area contributed by atoms with E-state index >= 15 is 0 Å². The molecule has 1 fully saturated rings. The van der Waals surface area contributed by atoms with Gasteiger partial charge in [0.05, 0.1) is 11.6 Å². The molecular formula is C25H22F6N2. The lowest BCUT2D eigenvalue weighted by Gasteiger charge is -2.40. The Hall–Kier alpha value is -2.84. The van der Waals surface area contributed by atoms with Gasteiger partial charge in [0, 0.05) is 32.7 Å². The second kappa shape index (κ2) is 9.57. The van der Waals surface area contributed by atoms with Crippen LogP contribution in [0, 0.1) is 17.5 Å². The first-order chi connectivity index (χ1) is 15.7. The van der Waals surface area contributed by atoms with Crippen LogP contribution in [0.25, 0.3) is 0 Å². The number of piperazine rings is 1. The minimum Gasteiger partial charge on any atom is -0.297 e. The van der Waals surface area contributed by atoms with Gasteiger partial charge >= 0.3 is 6.18 Å². The Labute approximate surface area is 188 Å². The Bertz CT molecular complexity index is 1030. The lowest BCUT2D eigenvalue weighted by Crippen LogP contribution is -2.47. The maximum absolute atomic E-state index is 13.6. The monoisotopic (exact) mass is 464 g/mol. The third-order valence-corrected chi connectivity index (χ3v) is 5.91. The molecule has 1 saturated heterocycles. The quantitative estimate of drug-likeness (QED) is 0.426. The number of halogens is 6. The normalized spacial score (nSPS) is 15.8. The van der Waals surface area contributed by atoms with Gasteiger partial charge in [-0.1, -0.05) is 24.3 Å². The van der Waals surface area contributed by atoms with Gasteiger partial charge in [-0.15, -0.1) is 0 Å². The summed E-state index contributed by atoms with van der Waals surface area (Å²) in [4.78, 5) is 3.99. The SMILES string of the molecule is Fc1ccc(C(c2ccc(F)cc2)N2CCN(Cc3cc(F)ccc3C(F)(F)F)CC2)cc1. The predicted octanol–water partition coefficient (Wildman–Crippen LogP) is 6.03. The van der Waals surface area contributed by atoms with Gasteiger partial charge in [-0.2, -0.15) is 13.2 Å². The second-order valence-electron chi connectivity index (χ2n) is 8.12. The van der Waals surface area contributed by atoms with Crippen LogP contribution >= 0.6 is 0 Å². The Balaban J connectivity index is 1.52. The first-order valence-electron chi connectivity index (χ1n) is 10.5. The predicted molar refractivity (Wildman–Crippen MR) is 113 cm³/mol. The summed E-state index contributed by atoms with van der Waals surface area (Å²) in [5, 5.41) is 0. The molecule has 0 atom stereocenters. The van der Waals surface area contributed by atoms with E-state index in [2.05, 4.69) is 4.90 Å². The Morgan fingerprint density at radius 1 is 0.667 bits per heavy atom. The molecule has 1 aliphatic rings. The molecule has 0 spiro atoms. The lowest BCUT2D eigenvalue weighted by atomic mass is 9.96. The summed E-state index contributed by atoms with van der Waals surface area (Å²) in [5.41, 5.74) is 0.744. The van der Waals surface area contributed by atoms with E-state index in [-0.39, 0.29) is 29.8 Å². The molecular weight excluding hydrogens is 442 g/mol. The molecule has 4 rings (SSSR count). The third kappa shape index (κ3) is 5.57. The van der Waals surface area contributed by atoms with Crippen molar-refractivity contribution in [3.8, 4) is 0 Å². The summed E-state index contributed by atoms with van der Waals surface area (Å²) in [5.74, 6) is -1.43. The second-order valence-corrected chi connectivity index (χ2v) is 8.12. The zero-order valence-electron chi connectivity index (χ0n) is 17.6. The van der Waals surface area contributed by atoms with Gasteiger partial charge in [0.1, 0.15) is 17.5 Å². The molecule has 0 saturated carbocycles. The molecule has 0 aliphatic carbocycles. The highest BCUT2D eigenvalue weighted by atomic mass is 19.4. The van der Waals surface area contributed by atoms with Crippen LogP contribution in [0.2, 0.25) is 0 Å². The molecule has 2 nitrogen and oxygen atoms in total. The van der Waals surface area contributed by atoms with E-state index in [1.807, 2.05) is 4.90 Å². The standard InChI is InChI=1S/C25H22F6N2/c26-20-5-1-17(2-6-20)24(18-3-7-21(27)8-4-18)33-13-11-32(12-14-33)16-19-15-22(28)9-10-23(19)25(29,30)31/h1-10,15,24H,11-14,16H2. The number of hydrogen-bond donors (Lipinski definition) is 0. The molecule has 33 heavy (non-hydrogen) atoms. The van der Waals surface area contributed by atoms with Crippen molar-refractivity contribution in [1.29, 1.82) is 0 Å². The van der Waals surface area contributed by atoms with E-state index in [0.717, 1.165) is 29.3 Å². The molecule has 8 heteroatoms. The highest BCUT2D eigenvalue weighted by Gasteiger charge is 2.34. The van der Waals surface area contributed by atoms with E-state index in [9.17, 15) is 26.3 Å². The van der Waals surface area contributed by atoms with Crippen LogP contribution in [-0.2, 0) is 12.7 Å². The average Bonchev–Trinajstić information content (AvgIpc) is 2.77. The largest absolute Gasteiger partial charge is 0.416 e. The highest BCUT2D eigenvalue weighted by molar-refractivity contribution is 5.33. The van der Waals surface area contributed by atoms with Crippen LogP contribution in [0.15, 0.2) is 66.7 Å². The summed E-state index contributed by atoms with van der Waals surface area (Å²) in [7, 11) is 0.